The Labute approximate surface area is 73.3 Å². The van der Waals surface area contributed by atoms with Crippen molar-refractivity contribution < 1.29 is 9.90 Å². The number of amides is 2. The molecule has 0 atom stereocenters. The Hall–Kier alpha value is -0.770. The minimum atomic E-state index is -0.544. The van der Waals surface area contributed by atoms with Crippen LogP contribution in [-0.2, 0) is 0 Å². The van der Waals surface area contributed by atoms with Crippen LogP contribution in [0.15, 0.2) is 0 Å². The lowest BCUT2D eigenvalue weighted by Gasteiger charge is -2.23. The molecule has 4 nitrogen and oxygen atoms in total. The van der Waals surface area contributed by atoms with Gasteiger partial charge in [0.2, 0.25) is 0 Å². The summed E-state index contributed by atoms with van der Waals surface area (Å²) in [5, 5.41) is 14.1. The number of carbonyl (C=O) groups excluding carboxylic acids is 1. The normalized spacial score (nSPS) is 11.0. The van der Waals surface area contributed by atoms with Crippen LogP contribution in [0.25, 0.3) is 0 Å². The van der Waals surface area contributed by atoms with E-state index in [0.717, 1.165) is 6.42 Å². The maximum atomic E-state index is 11.0. The minimum Gasteiger partial charge on any atom is -0.394 e. The van der Waals surface area contributed by atoms with E-state index in [1.165, 1.54) is 0 Å². The van der Waals surface area contributed by atoms with Crippen LogP contribution in [0.2, 0.25) is 0 Å². The predicted molar refractivity (Wildman–Crippen MR) is 48.0 cm³/mol. The summed E-state index contributed by atoms with van der Waals surface area (Å²) in [6, 6.07) is -0.226. The molecule has 0 rings (SSSR count). The number of carbonyl (C=O) groups is 1. The van der Waals surface area contributed by atoms with Gasteiger partial charge in [-0.25, -0.2) is 4.79 Å². The van der Waals surface area contributed by atoms with E-state index in [1.54, 1.807) is 13.8 Å². The van der Waals surface area contributed by atoms with E-state index in [4.69, 9.17) is 5.11 Å². The summed E-state index contributed by atoms with van der Waals surface area (Å²) < 4.78 is 0. The third-order valence-electron chi connectivity index (χ3n) is 1.38. The Bertz CT molecular complexity index is 146. The zero-order chi connectivity index (χ0) is 9.61. The van der Waals surface area contributed by atoms with Gasteiger partial charge in [-0.3, -0.25) is 0 Å². The van der Waals surface area contributed by atoms with Crippen molar-refractivity contribution >= 4 is 6.03 Å². The van der Waals surface area contributed by atoms with Crippen LogP contribution < -0.4 is 10.6 Å². The number of urea groups is 1. The van der Waals surface area contributed by atoms with E-state index in [0.29, 0.717) is 6.54 Å². The molecule has 72 valence electrons. The van der Waals surface area contributed by atoms with Crippen LogP contribution in [0.1, 0.15) is 27.2 Å². The fraction of sp³-hybridized carbons (Fsp3) is 0.875. The first kappa shape index (κ1) is 11.2. The molecule has 0 radical (unpaired) electrons. The number of rotatable bonds is 4. The smallest absolute Gasteiger partial charge is 0.315 e. The van der Waals surface area contributed by atoms with Crippen LogP contribution in [0.5, 0.6) is 0 Å². The van der Waals surface area contributed by atoms with Gasteiger partial charge in [0.25, 0.3) is 0 Å². The lowest BCUT2D eigenvalue weighted by Crippen LogP contribution is -2.50. The van der Waals surface area contributed by atoms with Crippen molar-refractivity contribution in [2.45, 2.75) is 32.7 Å². The molecule has 0 bridgehead atoms. The van der Waals surface area contributed by atoms with Crippen molar-refractivity contribution in [1.29, 1.82) is 0 Å². The van der Waals surface area contributed by atoms with E-state index in [9.17, 15) is 4.79 Å². The predicted octanol–water partition coefficient (Wildman–Crippen LogP) is 0.466. The lowest BCUT2D eigenvalue weighted by atomic mass is 10.1. The standard InChI is InChI=1S/C8H18N2O2/c1-4-5-9-7(12)10-8(2,3)6-11/h11H,4-6H2,1-3H3,(H2,9,10,12). The van der Waals surface area contributed by atoms with Crippen molar-refractivity contribution in [2.24, 2.45) is 0 Å². The molecule has 0 aromatic carbocycles. The van der Waals surface area contributed by atoms with Crippen LogP contribution in [0.4, 0.5) is 4.79 Å². The van der Waals surface area contributed by atoms with E-state index in [-0.39, 0.29) is 12.6 Å². The van der Waals surface area contributed by atoms with E-state index >= 15 is 0 Å². The third kappa shape index (κ3) is 4.96. The zero-order valence-electron chi connectivity index (χ0n) is 7.98. The maximum Gasteiger partial charge on any atom is 0.315 e. The molecule has 0 aliphatic heterocycles. The zero-order valence-corrected chi connectivity index (χ0v) is 7.98. The average Bonchev–Trinajstić information content (AvgIpc) is 2.00. The Morgan fingerprint density at radius 3 is 2.50 bits per heavy atom. The molecule has 12 heavy (non-hydrogen) atoms. The van der Waals surface area contributed by atoms with Gasteiger partial charge in [0.15, 0.2) is 0 Å². The average molecular weight is 174 g/mol. The van der Waals surface area contributed by atoms with Gasteiger partial charge in [-0.05, 0) is 20.3 Å². The van der Waals surface area contributed by atoms with Crippen molar-refractivity contribution in [2.75, 3.05) is 13.2 Å². The van der Waals surface area contributed by atoms with Crippen molar-refractivity contribution in [3.63, 3.8) is 0 Å². The van der Waals surface area contributed by atoms with Gasteiger partial charge in [0.1, 0.15) is 0 Å². The number of aliphatic hydroxyl groups is 1. The highest BCUT2D eigenvalue weighted by atomic mass is 16.3. The minimum absolute atomic E-state index is 0.0630. The number of nitrogens with one attached hydrogen (secondary N) is 2. The highest BCUT2D eigenvalue weighted by Crippen LogP contribution is 1.98. The molecule has 0 unspecified atom stereocenters. The quantitative estimate of drug-likeness (QED) is 0.580. The number of hydrogen-bond donors (Lipinski definition) is 3. The Morgan fingerprint density at radius 1 is 1.50 bits per heavy atom. The summed E-state index contributed by atoms with van der Waals surface area (Å²) >= 11 is 0. The SMILES string of the molecule is CCCNC(=O)NC(C)(C)CO. The Morgan fingerprint density at radius 2 is 2.08 bits per heavy atom. The molecule has 0 saturated carbocycles. The summed E-state index contributed by atoms with van der Waals surface area (Å²) in [4.78, 5) is 11.0. The molecule has 0 aliphatic rings. The van der Waals surface area contributed by atoms with Crippen molar-refractivity contribution in [3.05, 3.63) is 0 Å². The molecule has 3 N–H and O–H groups in total. The van der Waals surface area contributed by atoms with Gasteiger partial charge in [0, 0.05) is 6.54 Å². The molecular formula is C8H18N2O2. The molecular weight excluding hydrogens is 156 g/mol. The van der Waals surface area contributed by atoms with Crippen LogP contribution in [-0.4, -0.2) is 29.8 Å². The Kier molecular flexibility index (Phi) is 4.66. The summed E-state index contributed by atoms with van der Waals surface area (Å²) in [5.41, 5.74) is -0.544. The van der Waals surface area contributed by atoms with Crippen molar-refractivity contribution in [3.8, 4) is 0 Å². The molecule has 0 spiro atoms. The number of hydrogen-bond acceptors (Lipinski definition) is 2. The van der Waals surface area contributed by atoms with Crippen LogP contribution in [0.3, 0.4) is 0 Å². The second-order valence-electron chi connectivity index (χ2n) is 3.42. The first-order chi connectivity index (χ1) is 5.52. The maximum absolute atomic E-state index is 11.0. The van der Waals surface area contributed by atoms with Gasteiger partial charge in [0.05, 0.1) is 12.1 Å². The molecule has 0 aromatic rings. The molecule has 0 heterocycles. The summed E-state index contributed by atoms with van der Waals surface area (Å²) in [6.45, 7) is 6.11. The van der Waals surface area contributed by atoms with Crippen LogP contribution in [0, 0.1) is 0 Å². The largest absolute Gasteiger partial charge is 0.394 e. The topological polar surface area (TPSA) is 61.4 Å². The van der Waals surface area contributed by atoms with Gasteiger partial charge < -0.3 is 15.7 Å². The first-order valence-electron chi connectivity index (χ1n) is 4.18. The van der Waals surface area contributed by atoms with E-state index in [2.05, 4.69) is 10.6 Å². The highest BCUT2D eigenvalue weighted by Gasteiger charge is 2.18. The van der Waals surface area contributed by atoms with E-state index < -0.39 is 5.54 Å². The summed E-state index contributed by atoms with van der Waals surface area (Å²) in [5.74, 6) is 0. The molecule has 0 aliphatic carbocycles. The second-order valence-corrected chi connectivity index (χ2v) is 3.42. The van der Waals surface area contributed by atoms with Gasteiger partial charge in [-0.2, -0.15) is 0 Å². The molecule has 2 amide bonds. The lowest BCUT2D eigenvalue weighted by molar-refractivity contribution is 0.182. The monoisotopic (exact) mass is 174 g/mol. The van der Waals surface area contributed by atoms with Gasteiger partial charge >= 0.3 is 6.03 Å². The Balaban J connectivity index is 3.68. The van der Waals surface area contributed by atoms with E-state index in [1.807, 2.05) is 6.92 Å². The fourth-order valence-corrected chi connectivity index (χ4v) is 0.630. The molecule has 4 heteroatoms. The summed E-state index contributed by atoms with van der Waals surface area (Å²) in [6.07, 6.45) is 0.910. The summed E-state index contributed by atoms with van der Waals surface area (Å²) in [7, 11) is 0. The third-order valence-corrected chi connectivity index (χ3v) is 1.38. The van der Waals surface area contributed by atoms with Crippen LogP contribution >= 0.6 is 0 Å². The molecule has 0 fully saturated rings. The second kappa shape index (κ2) is 4.98. The van der Waals surface area contributed by atoms with Gasteiger partial charge in [-0.1, -0.05) is 6.92 Å². The first-order valence-corrected chi connectivity index (χ1v) is 4.18. The fourth-order valence-electron chi connectivity index (χ4n) is 0.630. The molecule has 0 saturated heterocycles. The van der Waals surface area contributed by atoms with Gasteiger partial charge in [-0.15, -0.1) is 0 Å². The molecule has 0 aromatic heterocycles. The number of aliphatic hydroxyl groups excluding tert-OH is 1. The van der Waals surface area contributed by atoms with Crippen molar-refractivity contribution in [1.82, 2.24) is 10.6 Å². The highest BCUT2D eigenvalue weighted by molar-refractivity contribution is 5.74.